The quantitative estimate of drug-likeness (QED) is 0.612. The summed E-state index contributed by atoms with van der Waals surface area (Å²) in [5.74, 6) is -0.505. The van der Waals surface area contributed by atoms with Gasteiger partial charge in [-0.3, -0.25) is 14.5 Å². The van der Waals surface area contributed by atoms with Gasteiger partial charge in [0.25, 0.3) is 5.91 Å². The monoisotopic (exact) mass is 333 g/mol. The molecule has 1 aromatic carbocycles. The Labute approximate surface area is 141 Å². The van der Waals surface area contributed by atoms with Gasteiger partial charge in [-0.2, -0.15) is 0 Å². The summed E-state index contributed by atoms with van der Waals surface area (Å²) in [5.41, 5.74) is -0.249. The van der Waals surface area contributed by atoms with Crippen LogP contribution in [0, 0.1) is 0 Å². The average Bonchev–Trinajstić information content (AvgIpc) is 2.52. The number of esters is 1. The number of nitrogens with zero attached hydrogens (tertiary/aromatic N) is 1. The summed E-state index contributed by atoms with van der Waals surface area (Å²) in [7, 11) is 0. The number of amides is 1. The first-order valence-corrected chi connectivity index (χ1v) is 8.03. The number of rotatable bonds is 5. The molecule has 0 bridgehead atoms. The summed E-state index contributed by atoms with van der Waals surface area (Å²) in [6.45, 7) is 8.55. The van der Waals surface area contributed by atoms with Crippen molar-refractivity contribution >= 4 is 23.3 Å². The molecule has 6 heteroatoms. The van der Waals surface area contributed by atoms with Crippen LogP contribution >= 0.6 is 0 Å². The predicted octanol–water partition coefficient (Wildman–Crippen LogP) is 2.73. The van der Waals surface area contributed by atoms with Gasteiger partial charge in [0.1, 0.15) is 11.8 Å². The summed E-state index contributed by atoms with van der Waals surface area (Å²) in [4.78, 5) is 38.1. The van der Waals surface area contributed by atoms with Crippen molar-refractivity contribution in [3.05, 3.63) is 23.8 Å². The number of fused-ring (bicyclic) bond motifs is 1. The molecule has 0 saturated heterocycles. The van der Waals surface area contributed by atoms with Gasteiger partial charge >= 0.3 is 5.97 Å². The molecule has 0 aromatic heterocycles. The molecular formula is C18H23NO5. The van der Waals surface area contributed by atoms with Crippen molar-refractivity contribution in [1.29, 1.82) is 0 Å². The predicted molar refractivity (Wildman–Crippen MR) is 89.4 cm³/mol. The van der Waals surface area contributed by atoms with Gasteiger partial charge in [-0.15, -0.1) is 0 Å². The lowest BCUT2D eigenvalue weighted by Gasteiger charge is -2.40. The standard InChI is InChI=1S/C18H23NO5/c1-6-9-23-16(21)11(2)19-14-10-13(12(3)20)7-8-15(14)24-18(4,5)17(19)22/h7-8,10-11H,6,9H2,1-5H3. The van der Waals surface area contributed by atoms with Gasteiger partial charge in [0.05, 0.1) is 12.3 Å². The van der Waals surface area contributed by atoms with Crippen LogP contribution in [0.25, 0.3) is 0 Å². The van der Waals surface area contributed by atoms with Gasteiger partial charge in [0, 0.05) is 5.56 Å². The van der Waals surface area contributed by atoms with Crippen LogP contribution < -0.4 is 9.64 Å². The fraction of sp³-hybridized carbons (Fsp3) is 0.500. The van der Waals surface area contributed by atoms with E-state index in [0.29, 0.717) is 30.0 Å². The lowest BCUT2D eigenvalue weighted by atomic mass is 10.00. The van der Waals surface area contributed by atoms with Crippen LogP contribution in [-0.4, -0.2) is 35.9 Å². The highest BCUT2D eigenvalue weighted by Gasteiger charge is 2.44. The zero-order valence-electron chi connectivity index (χ0n) is 14.7. The van der Waals surface area contributed by atoms with Gasteiger partial charge in [-0.05, 0) is 52.3 Å². The number of Topliss-reactive ketones (excluding diaryl/α,β-unsaturated/α-hetero) is 1. The molecule has 1 unspecified atom stereocenters. The normalized spacial score (nSPS) is 16.9. The van der Waals surface area contributed by atoms with E-state index in [-0.39, 0.29) is 11.7 Å². The molecule has 1 atom stereocenters. The largest absolute Gasteiger partial charge is 0.476 e. The number of benzene rings is 1. The summed E-state index contributed by atoms with van der Waals surface area (Å²) >= 11 is 0. The lowest BCUT2D eigenvalue weighted by molar-refractivity contribution is -0.147. The Morgan fingerprint density at radius 1 is 1.33 bits per heavy atom. The Morgan fingerprint density at radius 3 is 2.58 bits per heavy atom. The maximum absolute atomic E-state index is 12.8. The van der Waals surface area contributed by atoms with Crippen LogP contribution in [0.1, 0.15) is 51.4 Å². The lowest BCUT2D eigenvalue weighted by Crippen LogP contribution is -2.57. The smallest absolute Gasteiger partial charge is 0.328 e. The zero-order valence-corrected chi connectivity index (χ0v) is 14.7. The topological polar surface area (TPSA) is 72.9 Å². The average molecular weight is 333 g/mol. The first-order valence-electron chi connectivity index (χ1n) is 8.03. The highest BCUT2D eigenvalue weighted by Crippen LogP contribution is 2.39. The van der Waals surface area contributed by atoms with Crippen LogP contribution in [0.3, 0.4) is 0 Å². The van der Waals surface area contributed by atoms with E-state index in [1.54, 1.807) is 39.0 Å². The van der Waals surface area contributed by atoms with Crippen molar-refractivity contribution in [1.82, 2.24) is 0 Å². The second-order valence-electron chi connectivity index (χ2n) is 6.37. The molecule has 1 heterocycles. The van der Waals surface area contributed by atoms with E-state index in [0.717, 1.165) is 0 Å². The fourth-order valence-electron chi connectivity index (χ4n) is 2.54. The Hall–Kier alpha value is -2.37. The second kappa shape index (κ2) is 6.63. The Kier molecular flexibility index (Phi) is 4.96. The van der Waals surface area contributed by atoms with Crippen molar-refractivity contribution in [2.75, 3.05) is 11.5 Å². The molecule has 1 amide bonds. The van der Waals surface area contributed by atoms with Crippen molar-refractivity contribution < 1.29 is 23.9 Å². The van der Waals surface area contributed by atoms with Crippen molar-refractivity contribution in [2.24, 2.45) is 0 Å². The molecule has 0 aliphatic carbocycles. The van der Waals surface area contributed by atoms with Gasteiger partial charge in [0.2, 0.25) is 0 Å². The molecule has 6 nitrogen and oxygen atoms in total. The molecule has 24 heavy (non-hydrogen) atoms. The molecule has 0 spiro atoms. The molecule has 2 rings (SSSR count). The molecule has 0 fully saturated rings. The van der Waals surface area contributed by atoms with Crippen LogP contribution in [0.5, 0.6) is 5.75 Å². The molecule has 1 aliphatic rings. The van der Waals surface area contributed by atoms with E-state index >= 15 is 0 Å². The van der Waals surface area contributed by atoms with Crippen LogP contribution in [0.15, 0.2) is 18.2 Å². The summed E-state index contributed by atoms with van der Waals surface area (Å²) < 4.78 is 10.9. The maximum Gasteiger partial charge on any atom is 0.328 e. The van der Waals surface area contributed by atoms with E-state index in [4.69, 9.17) is 9.47 Å². The highest BCUT2D eigenvalue weighted by molar-refractivity contribution is 6.07. The number of carbonyl (C=O) groups is 3. The fourth-order valence-corrected chi connectivity index (χ4v) is 2.54. The third-order valence-corrected chi connectivity index (χ3v) is 3.90. The number of hydrogen-bond donors (Lipinski definition) is 0. The SMILES string of the molecule is CCCOC(=O)C(C)N1C(=O)C(C)(C)Oc2ccc(C(C)=O)cc21. The first-order chi connectivity index (χ1) is 11.2. The van der Waals surface area contributed by atoms with Crippen molar-refractivity contribution in [2.45, 2.75) is 52.7 Å². The van der Waals surface area contributed by atoms with E-state index in [1.807, 2.05) is 6.92 Å². The molecule has 130 valence electrons. The Bertz CT molecular complexity index is 680. The molecule has 0 radical (unpaired) electrons. The summed E-state index contributed by atoms with van der Waals surface area (Å²) in [6.07, 6.45) is 0.700. The van der Waals surface area contributed by atoms with E-state index in [1.165, 1.54) is 11.8 Å². The number of ether oxygens (including phenoxy) is 2. The van der Waals surface area contributed by atoms with E-state index in [2.05, 4.69) is 0 Å². The summed E-state index contributed by atoms with van der Waals surface area (Å²) in [6, 6.07) is 4.06. The highest BCUT2D eigenvalue weighted by atomic mass is 16.5. The van der Waals surface area contributed by atoms with Gasteiger partial charge < -0.3 is 9.47 Å². The molecule has 0 N–H and O–H groups in total. The number of hydrogen-bond acceptors (Lipinski definition) is 5. The molecule has 1 aliphatic heterocycles. The molecular weight excluding hydrogens is 310 g/mol. The third kappa shape index (κ3) is 3.27. The summed E-state index contributed by atoms with van der Waals surface area (Å²) in [5, 5.41) is 0. The maximum atomic E-state index is 12.8. The van der Waals surface area contributed by atoms with Crippen LogP contribution in [-0.2, 0) is 14.3 Å². The van der Waals surface area contributed by atoms with E-state index < -0.39 is 17.6 Å². The molecule has 0 saturated carbocycles. The third-order valence-electron chi connectivity index (χ3n) is 3.90. The number of ketones is 1. The number of anilines is 1. The minimum Gasteiger partial charge on any atom is -0.476 e. The van der Waals surface area contributed by atoms with Gasteiger partial charge in [-0.25, -0.2) is 4.79 Å². The Balaban J connectivity index is 2.48. The number of carbonyl (C=O) groups excluding carboxylic acids is 3. The van der Waals surface area contributed by atoms with Crippen molar-refractivity contribution in [3.8, 4) is 5.75 Å². The van der Waals surface area contributed by atoms with Gasteiger partial charge in [0.15, 0.2) is 11.4 Å². The van der Waals surface area contributed by atoms with Gasteiger partial charge in [-0.1, -0.05) is 6.92 Å². The minimum atomic E-state index is -1.11. The zero-order chi connectivity index (χ0) is 18.1. The van der Waals surface area contributed by atoms with Crippen molar-refractivity contribution in [3.63, 3.8) is 0 Å². The van der Waals surface area contributed by atoms with E-state index in [9.17, 15) is 14.4 Å². The minimum absolute atomic E-state index is 0.128. The first kappa shape index (κ1) is 18.0. The van der Waals surface area contributed by atoms with Crippen LogP contribution in [0.2, 0.25) is 0 Å². The second-order valence-corrected chi connectivity index (χ2v) is 6.37. The Morgan fingerprint density at radius 2 is 2.00 bits per heavy atom. The molecule has 1 aromatic rings. The van der Waals surface area contributed by atoms with Crippen LogP contribution in [0.4, 0.5) is 5.69 Å².